The molecular formula is C25H24N2O6. The third-order valence-corrected chi connectivity index (χ3v) is 4.62. The van der Waals surface area contributed by atoms with Crippen LogP contribution in [0.25, 0.3) is 0 Å². The van der Waals surface area contributed by atoms with Gasteiger partial charge in [-0.15, -0.1) is 0 Å². The predicted octanol–water partition coefficient (Wildman–Crippen LogP) is 4.69. The van der Waals surface area contributed by atoms with Crippen molar-refractivity contribution in [1.82, 2.24) is 0 Å². The largest absolute Gasteiger partial charge is 0.493 e. The summed E-state index contributed by atoms with van der Waals surface area (Å²) in [6, 6.07) is 17.6. The van der Waals surface area contributed by atoms with Crippen LogP contribution in [0.15, 0.2) is 66.7 Å². The molecule has 0 aliphatic heterocycles. The Bertz CT molecular complexity index is 1180. The lowest BCUT2D eigenvalue weighted by Crippen LogP contribution is -2.17. The number of aromatic carboxylic acids is 1. The second-order valence-corrected chi connectivity index (χ2v) is 6.83. The van der Waals surface area contributed by atoms with E-state index in [1.165, 1.54) is 18.2 Å². The molecule has 0 spiro atoms. The average molecular weight is 448 g/mol. The van der Waals surface area contributed by atoms with E-state index in [2.05, 4.69) is 10.6 Å². The summed E-state index contributed by atoms with van der Waals surface area (Å²) in [6.45, 7) is 4.39. The van der Waals surface area contributed by atoms with Crippen molar-refractivity contribution in [3.63, 3.8) is 0 Å². The first-order valence-electron chi connectivity index (χ1n) is 10.4. The van der Waals surface area contributed by atoms with Crippen LogP contribution >= 0.6 is 0 Å². The fourth-order valence-electron chi connectivity index (χ4n) is 3.17. The van der Waals surface area contributed by atoms with Gasteiger partial charge in [0, 0.05) is 5.69 Å². The second kappa shape index (κ2) is 10.8. The zero-order chi connectivity index (χ0) is 23.8. The highest BCUT2D eigenvalue weighted by molar-refractivity contribution is 6.10. The lowest BCUT2D eigenvalue weighted by molar-refractivity contribution is 0.0698. The quantitative estimate of drug-likeness (QED) is 0.438. The summed E-state index contributed by atoms with van der Waals surface area (Å²) in [5.74, 6) is -1.37. The Morgan fingerprint density at radius 3 is 1.76 bits per heavy atom. The lowest BCUT2D eigenvalue weighted by atomic mass is 10.1. The van der Waals surface area contributed by atoms with E-state index in [-0.39, 0.29) is 16.8 Å². The van der Waals surface area contributed by atoms with Crippen molar-refractivity contribution < 1.29 is 29.0 Å². The molecule has 0 radical (unpaired) electrons. The molecular weight excluding hydrogens is 424 g/mol. The highest BCUT2D eigenvalue weighted by atomic mass is 16.5. The van der Waals surface area contributed by atoms with Crippen molar-refractivity contribution in [2.75, 3.05) is 23.8 Å². The Morgan fingerprint density at radius 2 is 1.24 bits per heavy atom. The molecule has 0 unspecified atom stereocenters. The van der Waals surface area contributed by atoms with Gasteiger partial charge in [-0.05, 0) is 56.3 Å². The Kier molecular flexibility index (Phi) is 7.64. The normalized spacial score (nSPS) is 10.2. The maximum atomic E-state index is 12.9. The van der Waals surface area contributed by atoms with Crippen molar-refractivity contribution in [3.8, 4) is 11.5 Å². The van der Waals surface area contributed by atoms with Crippen LogP contribution in [0.2, 0.25) is 0 Å². The van der Waals surface area contributed by atoms with Crippen LogP contribution < -0.4 is 20.1 Å². The number of benzene rings is 3. The van der Waals surface area contributed by atoms with Gasteiger partial charge in [0.15, 0.2) is 0 Å². The van der Waals surface area contributed by atoms with Crippen LogP contribution in [0.3, 0.4) is 0 Å². The van der Waals surface area contributed by atoms with E-state index in [9.17, 15) is 19.5 Å². The van der Waals surface area contributed by atoms with Gasteiger partial charge in [0.1, 0.15) is 11.5 Å². The molecule has 170 valence electrons. The summed E-state index contributed by atoms with van der Waals surface area (Å²) in [5, 5.41) is 14.9. The van der Waals surface area contributed by atoms with Crippen LogP contribution in [-0.2, 0) is 0 Å². The fourth-order valence-corrected chi connectivity index (χ4v) is 3.17. The maximum absolute atomic E-state index is 12.9. The highest BCUT2D eigenvalue weighted by Gasteiger charge is 2.18. The van der Waals surface area contributed by atoms with E-state index in [1.807, 2.05) is 6.92 Å². The van der Waals surface area contributed by atoms with Gasteiger partial charge >= 0.3 is 5.97 Å². The number of carboxylic acid groups (broad SMARTS) is 1. The molecule has 33 heavy (non-hydrogen) atoms. The number of hydrogen-bond acceptors (Lipinski definition) is 5. The first-order valence-corrected chi connectivity index (χ1v) is 10.4. The monoisotopic (exact) mass is 448 g/mol. The number of rotatable bonds is 9. The SMILES string of the molecule is CCOc1ccccc1C(=O)Nc1ccc(C(=O)O)c(NC(=O)c2ccccc2OCC)c1. The molecule has 0 saturated carbocycles. The minimum absolute atomic E-state index is 0.0368. The number of anilines is 2. The fraction of sp³-hybridized carbons (Fsp3) is 0.160. The number of nitrogens with one attached hydrogen (secondary N) is 2. The number of hydrogen-bond donors (Lipinski definition) is 3. The number of carbonyl (C=O) groups is 3. The minimum Gasteiger partial charge on any atom is -0.493 e. The van der Waals surface area contributed by atoms with Gasteiger partial charge in [0.05, 0.1) is 35.6 Å². The molecule has 3 N–H and O–H groups in total. The molecule has 8 nitrogen and oxygen atoms in total. The smallest absolute Gasteiger partial charge is 0.337 e. The number of carboxylic acids is 1. The zero-order valence-electron chi connectivity index (χ0n) is 18.3. The summed E-state index contributed by atoms with van der Waals surface area (Å²) in [7, 11) is 0. The van der Waals surface area contributed by atoms with Crippen molar-refractivity contribution in [1.29, 1.82) is 0 Å². The number of carbonyl (C=O) groups excluding carboxylic acids is 2. The molecule has 3 aromatic rings. The standard InChI is InChI=1S/C25H24N2O6/c1-3-32-21-11-7-5-9-18(21)23(28)26-16-13-14-17(25(30)31)20(15-16)27-24(29)19-10-6-8-12-22(19)33-4-2/h5-15H,3-4H2,1-2H3,(H,26,28)(H,27,29)(H,30,31). The van der Waals surface area contributed by atoms with Crippen molar-refractivity contribution >= 4 is 29.2 Å². The predicted molar refractivity (Wildman–Crippen MR) is 125 cm³/mol. The maximum Gasteiger partial charge on any atom is 0.337 e. The van der Waals surface area contributed by atoms with Gasteiger partial charge in [-0.1, -0.05) is 24.3 Å². The van der Waals surface area contributed by atoms with Crippen LogP contribution in [0.1, 0.15) is 44.9 Å². The Hall–Kier alpha value is -4.33. The minimum atomic E-state index is -1.22. The molecule has 8 heteroatoms. The van der Waals surface area contributed by atoms with Gasteiger partial charge in [0.2, 0.25) is 0 Å². The summed E-state index contributed by atoms with van der Waals surface area (Å²) >= 11 is 0. The van der Waals surface area contributed by atoms with E-state index in [0.29, 0.717) is 36.0 Å². The lowest BCUT2D eigenvalue weighted by Gasteiger charge is -2.14. The van der Waals surface area contributed by atoms with Crippen molar-refractivity contribution in [2.24, 2.45) is 0 Å². The van der Waals surface area contributed by atoms with Crippen LogP contribution in [-0.4, -0.2) is 36.1 Å². The second-order valence-electron chi connectivity index (χ2n) is 6.83. The van der Waals surface area contributed by atoms with Crippen molar-refractivity contribution in [2.45, 2.75) is 13.8 Å². The van der Waals surface area contributed by atoms with Crippen LogP contribution in [0.5, 0.6) is 11.5 Å². The molecule has 0 atom stereocenters. The molecule has 0 heterocycles. The van der Waals surface area contributed by atoms with E-state index in [0.717, 1.165) is 0 Å². The molecule has 3 aromatic carbocycles. The molecule has 2 amide bonds. The topological polar surface area (TPSA) is 114 Å². The van der Waals surface area contributed by atoms with Crippen LogP contribution in [0.4, 0.5) is 11.4 Å². The Labute approximate surface area is 191 Å². The first-order chi connectivity index (χ1) is 15.9. The zero-order valence-corrected chi connectivity index (χ0v) is 18.3. The van der Waals surface area contributed by atoms with E-state index in [1.54, 1.807) is 55.5 Å². The molecule has 0 bridgehead atoms. The third-order valence-electron chi connectivity index (χ3n) is 4.62. The molecule has 0 saturated heterocycles. The summed E-state index contributed by atoms with van der Waals surface area (Å²) in [6.07, 6.45) is 0. The third kappa shape index (κ3) is 5.68. The number of para-hydroxylation sites is 2. The summed E-state index contributed by atoms with van der Waals surface area (Å²) in [4.78, 5) is 37.4. The van der Waals surface area contributed by atoms with Crippen molar-refractivity contribution in [3.05, 3.63) is 83.4 Å². The summed E-state index contributed by atoms with van der Waals surface area (Å²) in [5.41, 5.74) is 0.818. The molecule has 3 rings (SSSR count). The van der Waals surface area contributed by atoms with E-state index in [4.69, 9.17) is 9.47 Å². The number of ether oxygens (including phenoxy) is 2. The summed E-state index contributed by atoms with van der Waals surface area (Å²) < 4.78 is 11.0. The van der Waals surface area contributed by atoms with Gasteiger partial charge in [0.25, 0.3) is 11.8 Å². The van der Waals surface area contributed by atoms with E-state index < -0.39 is 17.8 Å². The van der Waals surface area contributed by atoms with Gasteiger partial charge in [-0.3, -0.25) is 9.59 Å². The molecule has 0 aliphatic rings. The molecule has 0 aliphatic carbocycles. The van der Waals surface area contributed by atoms with Gasteiger partial charge < -0.3 is 25.2 Å². The Morgan fingerprint density at radius 1 is 0.727 bits per heavy atom. The first kappa shape index (κ1) is 23.3. The van der Waals surface area contributed by atoms with Gasteiger partial charge in [-0.2, -0.15) is 0 Å². The average Bonchev–Trinajstić information content (AvgIpc) is 2.80. The Balaban J connectivity index is 1.88. The number of amides is 2. The van der Waals surface area contributed by atoms with E-state index >= 15 is 0 Å². The molecule has 0 fully saturated rings. The molecule has 0 aromatic heterocycles. The highest BCUT2D eigenvalue weighted by Crippen LogP contribution is 2.26. The van der Waals surface area contributed by atoms with Crippen LogP contribution in [0, 0.1) is 0 Å². The van der Waals surface area contributed by atoms with Gasteiger partial charge in [-0.25, -0.2) is 4.79 Å².